The quantitative estimate of drug-likeness (QED) is 0.352. The van der Waals surface area contributed by atoms with E-state index in [2.05, 4.69) is 21.3 Å². The predicted molar refractivity (Wildman–Crippen MR) is 113 cm³/mol. The second-order valence-corrected chi connectivity index (χ2v) is 9.26. The highest BCUT2D eigenvalue weighted by molar-refractivity contribution is 7.91. The predicted octanol–water partition coefficient (Wildman–Crippen LogP) is 2.84. The third-order valence-electron chi connectivity index (χ3n) is 3.72. The Morgan fingerprint density at radius 1 is 1.40 bits per heavy atom. The van der Waals surface area contributed by atoms with Gasteiger partial charge in [0.05, 0.1) is 12.4 Å². The van der Waals surface area contributed by atoms with Crippen molar-refractivity contribution in [2.45, 2.75) is 24.3 Å². The monoisotopic (exact) mass is 448 g/mol. The van der Waals surface area contributed by atoms with Crippen LogP contribution in [-0.2, 0) is 14.6 Å². The van der Waals surface area contributed by atoms with Gasteiger partial charge in [0.15, 0.2) is 11.5 Å². The van der Waals surface area contributed by atoms with Crippen LogP contribution in [0.3, 0.4) is 0 Å². The Kier molecular flexibility index (Phi) is 7.68. The van der Waals surface area contributed by atoms with Crippen LogP contribution < -0.4 is 14.8 Å². The van der Waals surface area contributed by atoms with E-state index in [4.69, 9.17) is 9.47 Å². The SMILES string of the molecule is C=CCOc1ccc(/C=C(/C#N)C(=O)Nc2nc(S(=O)(=O)C(C)C)ns2)cc1OC. The Hall–Kier alpha value is -3.23. The van der Waals surface area contributed by atoms with Gasteiger partial charge in [-0.15, -0.1) is 0 Å². The van der Waals surface area contributed by atoms with Crippen molar-refractivity contribution in [3.63, 3.8) is 0 Å². The summed E-state index contributed by atoms with van der Waals surface area (Å²) in [5.41, 5.74) is 0.324. The van der Waals surface area contributed by atoms with Gasteiger partial charge in [-0.2, -0.15) is 14.6 Å². The van der Waals surface area contributed by atoms with E-state index in [0.29, 0.717) is 23.7 Å². The minimum Gasteiger partial charge on any atom is -0.493 e. The van der Waals surface area contributed by atoms with Crippen molar-refractivity contribution < 1.29 is 22.7 Å². The molecular formula is C19H20N4O5S2. The Labute approximate surface area is 178 Å². The summed E-state index contributed by atoms with van der Waals surface area (Å²) in [6, 6.07) is 6.73. The van der Waals surface area contributed by atoms with Crippen molar-refractivity contribution in [2.24, 2.45) is 0 Å². The van der Waals surface area contributed by atoms with Gasteiger partial charge in [0.25, 0.3) is 11.1 Å². The third kappa shape index (κ3) is 5.43. The number of hydrogen-bond acceptors (Lipinski definition) is 9. The minimum absolute atomic E-state index is 0.0221. The number of ether oxygens (including phenoxy) is 2. The van der Waals surface area contributed by atoms with Crippen LogP contribution in [0.25, 0.3) is 6.08 Å². The van der Waals surface area contributed by atoms with E-state index < -0.39 is 21.0 Å². The fraction of sp³-hybridized carbons (Fsp3) is 0.263. The maximum Gasteiger partial charge on any atom is 0.268 e. The van der Waals surface area contributed by atoms with E-state index in [1.54, 1.807) is 24.3 Å². The number of methoxy groups -OCH3 is 1. The molecule has 0 spiro atoms. The van der Waals surface area contributed by atoms with Gasteiger partial charge in [-0.05, 0) is 37.6 Å². The van der Waals surface area contributed by atoms with Crippen molar-refractivity contribution in [3.05, 3.63) is 42.0 Å². The molecule has 2 aromatic rings. The lowest BCUT2D eigenvalue weighted by Crippen LogP contribution is -2.16. The molecule has 1 heterocycles. The normalized spacial score (nSPS) is 11.6. The van der Waals surface area contributed by atoms with Crippen LogP contribution in [0.5, 0.6) is 11.5 Å². The van der Waals surface area contributed by atoms with Crippen molar-refractivity contribution in [1.82, 2.24) is 9.36 Å². The molecule has 1 aromatic heterocycles. The number of nitriles is 1. The summed E-state index contributed by atoms with van der Waals surface area (Å²) in [6.07, 6.45) is 2.96. The molecule has 11 heteroatoms. The zero-order valence-electron chi connectivity index (χ0n) is 16.6. The molecule has 0 saturated heterocycles. The standard InChI is InChI=1S/C19H20N4O5S2/c1-5-8-28-15-7-6-13(10-16(15)27-4)9-14(11-20)17(24)21-18-22-19(23-29-18)30(25,26)12(2)3/h5-7,9-10,12H,1,8H2,2-4H3,(H,21,22,23,24)/b14-9-. The summed E-state index contributed by atoms with van der Waals surface area (Å²) in [4.78, 5) is 16.3. The van der Waals surface area contributed by atoms with Gasteiger partial charge in [0, 0.05) is 11.5 Å². The van der Waals surface area contributed by atoms with Crippen LogP contribution in [-0.4, -0.2) is 42.6 Å². The average molecular weight is 449 g/mol. The number of amides is 1. The fourth-order valence-electron chi connectivity index (χ4n) is 2.11. The molecule has 1 N–H and O–H groups in total. The van der Waals surface area contributed by atoms with Crippen LogP contribution in [0.1, 0.15) is 19.4 Å². The lowest BCUT2D eigenvalue weighted by atomic mass is 10.1. The Balaban J connectivity index is 2.23. The van der Waals surface area contributed by atoms with Crippen molar-refractivity contribution in [3.8, 4) is 17.6 Å². The van der Waals surface area contributed by atoms with Gasteiger partial charge >= 0.3 is 0 Å². The molecular weight excluding hydrogens is 428 g/mol. The molecule has 0 aliphatic rings. The molecule has 0 saturated carbocycles. The Morgan fingerprint density at radius 3 is 2.73 bits per heavy atom. The van der Waals surface area contributed by atoms with Crippen LogP contribution >= 0.6 is 11.5 Å². The fourth-order valence-corrected chi connectivity index (χ4v) is 3.81. The second-order valence-electron chi connectivity index (χ2n) is 6.11. The van der Waals surface area contributed by atoms with E-state index in [1.165, 1.54) is 27.0 Å². The zero-order valence-corrected chi connectivity index (χ0v) is 18.2. The smallest absolute Gasteiger partial charge is 0.268 e. The molecule has 158 valence electrons. The molecule has 0 bridgehead atoms. The lowest BCUT2D eigenvalue weighted by molar-refractivity contribution is -0.112. The van der Waals surface area contributed by atoms with Gasteiger partial charge in [0.1, 0.15) is 18.2 Å². The molecule has 2 rings (SSSR count). The van der Waals surface area contributed by atoms with E-state index in [0.717, 1.165) is 11.5 Å². The summed E-state index contributed by atoms with van der Waals surface area (Å²) in [7, 11) is -2.19. The Morgan fingerprint density at radius 2 is 2.13 bits per heavy atom. The number of anilines is 1. The molecule has 0 aliphatic carbocycles. The molecule has 30 heavy (non-hydrogen) atoms. The van der Waals surface area contributed by atoms with Crippen LogP contribution in [0.15, 0.2) is 41.6 Å². The number of aromatic nitrogens is 2. The van der Waals surface area contributed by atoms with Crippen LogP contribution in [0, 0.1) is 11.3 Å². The first-order valence-electron chi connectivity index (χ1n) is 8.65. The second kappa shape index (κ2) is 10.00. The topological polar surface area (TPSA) is 131 Å². The van der Waals surface area contributed by atoms with Gasteiger partial charge in [-0.3, -0.25) is 10.1 Å². The van der Waals surface area contributed by atoms with E-state index in [9.17, 15) is 18.5 Å². The first-order chi connectivity index (χ1) is 14.2. The number of carbonyl (C=O) groups is 1. The minimum atomic E-state index is -3.66. The molecule has 0 atom stereocenters. The highest BCUT2D eigenvalue weighted by Crippen LogP contribution is 2.29. The third-order valence-corrected chi connectivity index (χ3v) is 6.40. The van der Waals surface area contributed by atoms with E-state index >= 15 is 0 Å². The highest BCUT2D eigenvalue weighted by Gasteiger charge is 2.25. The summed E-state index contributed by atoms with van der Waals surface area (Å²) >= 11 is 0.718. The number of nitrogens with zero attached hydrogens (tertiary/aromatic N) is 3. The van der Waals surface area contributed by atoms with Crippen LogP contribution in [0.4, 0.5) is 5.13 Å². The average Bonchev–Trinajstić information content (AvgIpc) is 3.19. The molecule has 0 radical (unpaired) electrons. The van der Waals surface area contributed by atoms with Crippen molar-refractivity contribution in [2.75, 3.05) is 19.0 Å². The van der Waals surface area contributed by atoms with E-state index in [1.807, 2.05) is 6.07 Å². The van der Waals surface area contributed by atoms with Gasteiger partial charge < -0.3 is 9.47 Å². The number of carbonyl (C=O) groups excluding carboxylic acids is 1. The van der Waals surface area contributed by atoms with Gasteiger partial charge in [-0.25, -0.2) is 8.42 Å². The largest absolute Gasteiger partial charge is 0.493 e. The maximum absolute atomic E-state index is 12.4. The first kappa shape index (κ1) is 23.1. The summed E-state index contributed by atoms with van der Waals surface area (Å²) < 4.78 is 38.7. The zero-order chi connectivity index (χ0) is 22.3. The highest BCUT2D eigenvalue weighted by atomic mass is 32.2. The van der Waals surface area contributed by atoms with Crippen LogP contribution in [0.2, 0.25) is 0 Å². The number of hydrogen-bond donors (Lipinski definition) is 1. The molecule has 0 fully saturated rings. The summed E-state index contributed by atoms with van der Waals surface area (Å²) in [6.45, 7) is 6.89. The molecule has 1 amide bonds. The number of sulfone groups is 1. The van der Waals surface area contributed by atoms with Crippen molar-refractivity contribution >= 4 is 38.5 Å². The summed E-state index contributed by atoms with van der Waals surface area (Å²) in [5, 5.41) is 10.7. The van der Waals surface area contributed by atoms with E-state index in [-0.39, 0.29) is 15.9 Å². The molecule has 0 aliphatic heterocycles. The summed E-state index contributed by atoms with van der Waals surface area (Å²) in [5.74, 6) is 0.175. The lowest BCUT2D eigenvalue weighted by Gasteiger charge is -2.10. The number of nitrogens with one attached hydrogen (secondary N) is 1. The van der Waals surface area contributed by atoms with Gasteiger partial charge in [0.2, 0.25) is 15.0 Å². The number of rotatable bonds is 9. The van der Waals surface area contributed by atoms with Crippen molar-refractivity contribution in [1.29, 1.82) is 5.26 Å². The molecule has 9 nitrogen and oxygen atoms in total. The first-order valence-corrected chi connectivity index (χ1v) is 11.0. The maximum atomic E-state index is 12.4. The Bertz CT molecular complexity index is 1110. The number of benzene rings is 1. The molecule has 0 unspecified atom stereocenters. The van der Waals surface area contributed by atoms with Gasteiger partial charge in [-0.1, -0.05) is 18.7 Å². The molecule has 1 aromatic carbocycles.